The number of aryl methyl sites for hydroxylation is 1. The van der Waals surface area contributed by atoms with Crippen molar-refractivity contribution in [3.63, 3.8) is 0 Å². The Morgan fingerprint density at radius 1 is 1.27 bits per heavy atom. The third kappa shape index (κ3) is 4.24. The molecule has 0 saturated heterocycles. The molecule has 7 nitrogen and oxygen atoms in total. The summed E-state index contributed by atoms with van der Waals surface area (Å²) in [5, 5.41) is 9.33. The molecular weight excluding hydrogens is 404 g/mol. The molecule has 0 aliphatic carbocycles. The molecule has 1 heterocycles. The van der Waals surface area contributed by atoms with Gasteiger partial charge < -0.3 is 19.2 Å². The summed E-state index contributed by atoms with van der Waals surface area (Å²) in [5.41, 5.74) is 1.22. The molecule has 2 rings (SSSR count). The highest BCUT2D eigenvalue weighted by Crippen LogP contribution is 2.39. The summed E-state index contributed by atoms with van der Waals surface area (Å²) >= 11 is 3.42. The quantitative estimate of drug-likeness (QED) is 0.720. The van der Waals surface area contributed by atoms with Crippen molar-refractivity contribution < 1.29 is 19.0 Å². The molecule has 136 valence electrons. The molecule has 0 saturated carbocycles. The maximum absolute atomic E-state index is 12.0. The summed E-state index contributed by atoms with van der Waals surface area (Å²) in [7, 11) is 1.46. The van der Waals surface area contributed by atoms with Gasteiger partial charge in [0, 0.05) is 21.3 Å². The molecule has 2 aromatic rings. The molecule has 0 radical (unpaired) electrons. The number of benzene rings is 1. The Morgan fingerprint density at radius 3 is 2.62 bits per heavy atom. The average molecular weight is 421 g/mol. The lowest BCUT2D eigenvalue weighted by Gasteiger charge is -2.14. The van der Waals surface area contributed by atoms with Crippen molar-refractivity contribution >= 4 is 21.9 Å². The number of nitriles is 1. The maximum Gasteiger partial charge on any atom is 0.344 e. The number of ether oxygens (including phenoxy) is 3. The van der Waals surface area contributed by atoms with Crippen LogP contribution < -0.4 is 15.0 Å². The number of rotatable bonds is 6. The van der Waals surface area contributed by atoms with Crippen LogP contribution in [0.3, 0.4) is 0 Å². The van der Waals surface area contributed by atoms with Crippen LogP contribution in [0.25, 0.3) is 11.1 Å². The normalized spacial score (nSPS) is 10.1. The molecule has 1 N–H and O–H groups in total. The Bertz CT molecular complexity index is 930. The van der Waals surface area contributed by atoms with E-state index in [-0.39, 0.29) is 18.8 Å². The zero-order valence-corrected chi connectivity index (χ0v) is 16.1. The molecule has 0 spiro atoms. The van der Waals surface area contributed by atoms with E-state index in [9.17, 15) is 14.9 Å². The molecule has 0 amide bonds. The van der Waals surface area contributed by atoms with Gasteiger partial charge >= 0.3 is 5.97 Å². The number of aromatic nitrogens is 1. The van der Waals surface area contributed by atoms with Crippen LogP contribution in [0.15, 0.2) is 27.5 Å². The van der Waals surface area contributed by atoms with Gasteiger partial charge in [0.05, 0.1) is 13.7 Å². The molecule has 1 aromatic carbocycles. The number of pyridine rings is 1. The summed E-state index contributed by atoms with van der Waals surface area (Å²) in [6.45, 7) is 3.44. The number of halogens is 1. The number of H-pyrrole nitrogens is 1. The number of aromatic amines is 1. The topological polar surface area (TPSA) is 101 Å². The SMILES string of the molecule is CCOC(=O)COc1cc(Br)c(-c2cc(C)[nH]c(=O)c2C#N)cc1OC. The van der Waals surface area contributed by atoms with Gasteiger partial charge in [-0.05, 0) is 32.0 Å². The Morgan fingerprint density at radius 2 is 2.00 bits per heavy atom. The van der Waals surface area contributed by atoms with Gasteiger partial charge in [0.15, 0.2) is 18.1 Å². The van der Waals surface area contributed by atoms with Gasteiger partial charge in [-0.1, -0.05) is 15.9 Å². The van der Waals surface area contributed by atoms with Crippen molar-refractivity contribution in [1.82, 2.24) is 4.98 Å². The van der Waals surface area contributed by atoms with Crippen molar-refractivity contribution in [1.29, 1.82) is 5.26 Å². The third-order valence-electron chi connectivity index (χ3n) is 3.47. The van der Waals surface area contributed by atoms with Crippen LogP contribution >= 0.6 is 15.9 Å². The second-order valence-corrected chi connectivity index (χ2v) is 6.11. The summed E-state index contributed by atoms with van der Waals surface area (Å²) in [6.07, 6.45) is 0. The van der Waals surface area contributed by atoms with Crippen LogP contribution in [0.5, 0.6) is 11.5 Å². The lowest BCUT2D eigenvalue weighted by Crippen LogP contribution is -2.15. The zero-order valence-electron chi connectivity index (χ0n) is 14.5. The molecular formula is C18H17BrN2O5. The number of esters is 1. The molecule has 0 aliphatic heterocycles. The van der Waals surface area contributed by atoms with E-state index in [4.69, 9.17) is 14.2 Å². The van der Waals surface area contributed by atoms with Gasteiger partial charge in [-0.25, -0.2) is 4.79 Å². The summed E-state index contributed by atoms with van der Waals surface area (Å²) < 4.78 is 16.2. The Hall–Kier alpha value is -2.79. The molecule has 0 bridgehead atoms. The number of hydrogen-bond acceptors (Lipinski definition) is 6. The van der Waals surface area contributed by atoms with E-state index in [2.05, 4.69) is 20.9 Å². The maximum atomic E-state index is 12.0. The highest BCUT2D eigenvalue weighted by molar-refractivity contribution is 9.10. The van der Waals surface area contributed by atoms with E-state index in [0.717, 1.165) is 0 Å². The summed E-state index contributed by atoms with van der Waals surface area (Å²) in [4.78, 5) is 26.1. The summed E-state index contributed by atoms with van der Waals surface area (Å²) in [5.74, 6) is 0.192. The van der Waals surface area contributed by atoms with Crippen LogP contribution in [0.1, 0.15) is 18.2 Å². The highest BCUT2D eigenvalue weighted by atomic mass is 79.9. The van der Waals surface area contributed by atoms with Crippen molar-refractivity contribution in [3.8, 4) is 28.7 Å². The molecule has 0 atom stereocenters. The minimum absolute atomic E-state index is 0.00135. The van der Waals surface area contributed by atoms with Crippen LogP contribution in [0.4, 0.5) is 0 Å². The van der Waals surface area contributed by atoms with E-state index in [1.165, 1.54) is 7.11 Å². The van der Waals surface area contributed by atoms with Gasteiger partial charge in [-0.2, -0.15) is 5.26 Å². The molecule has 0 unspecified atom stereocenters. The second kappa shape index (κ2) is 8.54. The first kappa shape index (κ1) is 19.5. The molecule has 0 fully saturated rings. The number of nitrogens with one attached hydrogen (secondary N) is 1. The van der Waals surface area contributed by atoms with Gasteiger partial charge in [0.25, 0.3) is 5.56 Å². The fraction of sp³-hybridized carbons (Fsp3) is 0.278. The lowest BCUT2D eigenvalue weighted by atomic mass is 10.0. The predicted molar refractivity (Wildman–Crippen MR) is 98.3 cm³/mol. The van der Waals surface area contributed by atoms with Gasteiger partial charge in [-0.15, -0.1) is 0 Å². The number of carbonyl (C=O) groups excluding carboxylic acids is 1. The molecule has 8 heteroatoms. The van der Waals surface area contributed by atoms with Gasteiger partial charge in [0.1, 0.15) is 11.6 Å². The van der Waals surface area contributed by atoms with Gasteiger partial charge in [0.2, 0.25) is 0 Å². The Balaban J connectivity index is 2.49. The van der Waals surface area contributed by atoms with E-state index >= 15 is 0 Å². The van der Waals surface area contributed by atoms with Crippen LogP contribution in [-0.4, -0.2) is 31.3 Å². The third-order valence-corrected chi connectivity index (χ3v) is 4.13. The van der Waals surface area contributed by atoms with E-state index in [1.54, 1.807) is 32.0 Å². The smallest absolute Gasteiger partial charge is 0.344 e. The van der Waals surface area contributed by atoms with Crippen molar-refractivity contribution in [2.45, 2.75) is 13.8 Å². The van der Waals surface area contributed by atoms with Crippen LogP contribution in [0.2, 0.25) is 0 Å². The molecule has 1 aromatic heterocycles. The van der Waals surface area contributed by atoms with Crippen molar-refractivity contribution in [2.75, 3.05) is 20.3 Å². The zero-order chi connectivity index (χ0) is 19.3. The second-order valence-electron chi connectivity index (χ2n) is 5.26. The van der Waals surface area contributed by atoms with Crippen LogP contribution in [0, 0.1) is 18.3 Å². The Kier molecular flexibility index (Phi) is 6.41. The standard InChI is InChI=1S/C18H17BrN2O5/c1-4-25-17(22)9-26-16-7-14(19)12(6-15(16)24-3)11-5-10(2)21-18(23)13(11)8-20/h5-7H,4,9H2,1-3H3,(H,21,23). The number of hydrogen-bond donors (Lipinski definition) is 1. The van der Waals surface area contributed by atoms with Crippen molar-refractivity contribution in [3.05, 3.63) is 44.3 Å². The highest BCUT2D eigenvalue weighted by Gasteiger charge is 2.17. The minimum atomic E-state index is -0.494. The molecule has 26 heavy (non-hydrogen) atoms. The predicted octanol–water partition coefficient (Wildman–Crippen LogP) is 2.94. The largest absolute Gasteiger partial charge is 0.493 e. The summed E-state index contributed by atoms with van der Waals surface area (Å²) in [6, 6.07) is 6.89. The number of methoxy groups -OCH3 is 1. The van der Waals surface area contributed by atoms with Crippen LogP contribution in [-0.2, 0) is 9.53 Å². The number of nitrogens with zero attached hydrogens (tertiary/aromatic N) is 1. The first-order valence-electron chi connectivity index (χ1n) is 7.71. The van der Waals surface area contributed by atoms with E-state index < -0.39 is 11.5 Å². The monoisotopic (exact) mass is 420 g/mol. The molecule has 0 aliphatic rings. The first-order valence-corrected chi connectivity index (χ1v) is 8.50. The number of carbonyl (C=O) groups is 1. The van der Waals surface area contributed by atoms with Gasteiger partial charge in [-0.3, -0.25) is 4.79 Å². The fourth-order valence-corrected chi connectivity index (χ4v) is 2.90. The van der Waals surface area contributed by atoms with E-state index in [0.29, 0.717) is 32.8 Å². The minimum Gasteiger partial charge on any atom is -0.493 e. The first-order chi connectivity index (χ1) is 12.4. The average Bonchev–Trinajstić information content (AvgIpc) is 2.59. The van der Waals surface area contributed by atoms with Crippen molar-refractivity contribution in [2.24, 2.45) is 0 Å². The van der Waals surface area contributed by atoms with E-state index in [1.807, 2.05) is 6.07 Å². The lowest BCUT2D eigenvalue weighted by molar-refractivity contribution is -0.145. The fourth-order valence-electron chi connectivity index (χ4n) is 2.37. The Labute approximate surface area is 158 Å².